The van der Waals surface area contributed by atoms with E-state index >= 15 is 0 Å². The van der Waals surface area contributed by atoms with Crippen LogP contribution in [0.2, 0.25) is 0 Å². The molecular weight excluding hydrogens is 411 g/mol. The Bertz CT molecular complexity index is 822. The molecule has 24 heavy (non-hydrogen) atoms. The Labute approximate surface area is 156 Å². The summed E-state index contributed by atoms with van der Waals surface area (Å²) < 4.78 is 6.32. The number of hydrogen-bond acceptors (Lipinski definition) is 2. The lowest BCUT2D eigenvalue weighted by Gasteiger charge is -2.33. The largest absolute Gasteiger partial charge is 0.468 e. The van der Waals surface area contributed by atoms with Gasteiger partial charge in [-0.3, -0.25) is 4.79 Å². The van der Waals surface area contributed by atoms with Crippen molar-refractivity contribution in [2.75, 3.05) is 7.11 Å². The Morgan fingerprint density at radius 2 is 1.92 bits per heavy atom. The van der Waals surface area contributed by atoms with Crippen LogP contribution in [0.5, 0.6) is 0 Å². The number of ether oxygens (including phenoxy) is 1. The van der Waals surface area contributed by atoms with Gasteiger partial charge in [0, 0.05) is 3.57 Å². The van der Waals surface area contributed by atoms with E-state index in [-0.39, 0.29) is 5.97 Å². The molecule has 2 aromatic rings. The molecule has 3 heteroatoms. The molecular formula is C21H19IO2. The van der Waals surface area contributed by atoms with Crippen LogP contribution in [0.3, 0.4) is 0 Å². The number of rotatable bonds is 4. The second-order valence-corrected chi connectivity index (χ2v) is 7.15. The Balaban J connectivity index is 2.07. The minimum absolute atomic E-state index is 0.238. The normalized spacial score (nSPS) is 18.8. The molecule has 3 rings (SSSR count). The smallest absolute Gasteiger partial charge is 0.320 e. The lowest BCUT2D eigenvalue weighted by molar-refractivity contribution is -0.145. The highest BCUT2D eigenvalue weighted by Crippen LogP contribution is 2.41. The fraction of sp³-hybridized carbons (Fsp3) is 0.190. The van der Waals surface area contributed by atoms with Crippen LogP contribution in [0, 0.1) is 3.57 Å². The van der Waals surface area contributed by atoms with Crippen LogP contribution in [0.15, 0.2) is 67.3 Å². The van der Waals surface area contributed by atoms with Crippen molar-refractivity contribution in [3.05, 3.63) is 87.5 Å². The van der Waals surface area contributed by atoms with Crippen molar-refractivity contribution < 1.29 is 9.53 Å². The number of allylic oxidation sites excluding steroid dienone is 2. The Morgan fingerprint density at radius 3 is 2.67 bits per heavy atom. The zero-order chi connectivity index (χ0) is 17.2. The van der Waals surface area contributed by atoms with Crippen LogP contribution in [0.1, 0.15) is 23.1 Å². The van der Waals surface area contributed by atoms with E-state index in [1.54, 1.807) is 0 Å². The van der Waals surface area contributed by atoms with Gasteiger partial charge < -0.3 is 4.74 Å². The van der Waals surface area contributed by atoms with Gasteiger partial charge in [0.05, 0.1) is 7.11 Å². The first-order chi connectivity index (χ1) is 11.6. The summed E-state index contributed by atoms with van der Waals surface area (Å²) in [6, 6.07) is 16.2. The average Bonchev–Trinajstić information content (AvgIpc) is 2.61. The minimum atomic E-state index is -0.806. The first kappa shape index (κ1) is 17.0. The van der Waals surface area contributed by atoms with Crippen LogP contribution >= 0.6 is 22.6 Å². The number of hydrogen-bond donors (Lipinski definition) is 0. The summed E-state index contributed by atoms with van der Waals surface area (Å²) in [4.78, 5) is 12.8. The molecule has 0 saturated carbocycles. The Hall–Kier alpha value is -1.88. The van der Waals surface area contributed by atoms with Gasteiger partial charge >= 0.3 is 5.97 Å². The number of methoxy groups -OCH3 is 1. The first-order valence-electron chi connectivity index (χ1n) is 7.85. The molecule has 0 saturated heterocycles. The summed E-state index contributed by atoms with van der Waals surface area (Å²) in [5.41, 5.74) is 3.40. The summed E-state index contributed by atoms with van der Waals surface area (Å²) in [5, 5.41) is 0. The van der Waals surface area contributed by atoms with Gasteiger partial charge in [0.1, 0.15) is 5.41 Å². The molecule has 0 amide bonds. The van der Waals surface area contributed by atoms with E-state index in [0.717, 1.165) is 26.7 Å². The van der Waals surface area contributed by atoms with Gasteiger partial charge in [-0.1, -0.05) is 61.2 Å². The second-order valence-electron chi connectivity index (χ2n) is 5.99. The molecule has 0 aliphatic heterocycles. The Kier molecular flexibility index (Phi) is 4.90. The summed E-state index contributed by atoms with van der Waals surface area (Å²) in [7, 11) is 1.45. The highest BCUT2D eigenvalue weighted by molar-refractivity contribution is 14.1. The number of esters is 1. The monoisotopic (exact) mass is 430 g/mol. The molecule has 2 nitrogen and oxygen atoms in total. The standard InChI is InChI=1S/C21H19IO2/c1-15(17-10-4-6-12-19(17)22)14-21(20(23)24-2)13-7-9-16-8-3-5-11-18(16)21/h3-8,10-13H,1,9,14H2,2H3. The fourth-order valence-electron chi connectivity index (χ4n) is 3.38. The molecule has 122 valence electrons. The molecule has 0 fully saturated rings. The van der Waals surface area contributed by atoms with E-state index in [1.807, 2.05) is 42.5 Å². The number of fused-ring (bicyclic) bond motifs is 1. The van der Waals surface area contributed by atoms with Crippen LogP contribution in [0.4, 0.5) is 0 Å². The van der Waals surface area contributed by atoms with Crippen molar-refractivity contribution in [2.45, 2.75) is 18.3 Å². The zero-order valence-electron chi connectivity index (χ0n) is 13.6. The van der Waals surface area contributed by atoms with Crippen molar-refractivity contribution in [3.8, 4) is 0 Å². The highest BCUT2D eigenvalue weighted by Gasteiger charge is 2.42. The van der Waals surface area contributed by atoms with Gasteiger partial charge in [-0.05, 0) is 63.8 Å². The first-order valence-corrected chi connectivity index (χ1v) is 8.93. The number of carbonyl (C=O) groups is 1. The Morgan fingerprint density at radius 1 is 1.21 bits per heavy atom. The van der Waals surface area contributed by atoms with E-state index in [0.29, 0.717) is 6.42 Å². The van der Waals surface area contributed by atoms with Gasteiger partial charge in [-0.25, -0.2) is 0 Å². The van der Waals surface area contributed by atoms with Crippen molar-refractivity contribution in [2.24, 2.45) is 0 Å². The van der Waals surface area contributed by atoms with Gasteiger partial charge in [0.2, 0.25) is 0 Å². The quantitative estimate of drug-likeness (QED) is 0.391. The summed E-state index contributed by atoms with van der Waals surface area (Å²) in [6.07, 6.45) is 5.39. The molecule has 0 heterocycles. The zero-order valence-corrected chi connectivity index (χ0v) is 15.7. The SMILES string of the molecule is C=C(CC1(C(=O)OC)C=CCc2ccccc21)c1ccccc1I. The molecule has 0 spiro atoms. The maximum atomic E-state index is 12.8. The summed E-state index contributed by atoms with van der Waals surface area (Å²) in [5.74, 6) is -0.238. The van der Waals surface area contributed by atoms with Crippen molar-refractivity contribution in [3.63, 3.8) is 0 Å². The van der Waals surface area contributed by atoms with Gasteiger partial charge in [0.25, 0.3) is 0 Å². The molecule has 0 N–H and O–H groups in total. The van der Waals surface area contributed by atoms with E-state index in [1.165, 1.54) is 12.7 Å². The van der Waals surface area contributed by atoms with E-state index in [9.17, 15) is 4.79 Å². The molecule has 0 radical (unpaired) electrons. The molecule has 1 aliphatic carbocycles. The van der Waals surface area contributed by atoms with E-state index < -0.39 is 5.41 Å². The predicted octanol–water partition coefficient (Wildman–Crippen LogP) is 4.92. The average molecular weight is 430 g/mol. The lowest BCUT2D eigenvalue weighted by Crippen LogP contribution is -2.37. The number of halogens is 1. The number of carbonyl (C=O) groups excluding carboxylic acids is 1. The van der Waals surface area contributed by atoms with Gasteiger partial charge in [-0.15, -0.1) is 0 Å². The maximum absolute atomic E-state index is 12.8. The third-order valence-electron chi connectivity index (χ3n) is 4.53. The molecule has 0 bridgehead atoms. The van der Waals surface area contributed by atoms with Gasteiger partial charge in [0.15, 0.2) is 0 Å². The molecule has 0 aromatic heterocycles. The van der Waals surface area contributed by atoms with E-state index in [2.05, 4.69) is 47.4 Å². The van der Waals surface area contributed by atoms with Crippen LogP contribution in [-0.2, 0) is 21.4 Å². The highest BCUT2D eigenvalue weighted by atomic mass is 127. The van der Waals surface area contributed by atoms with E-state index in [4.69, 9.17) is 4.74 Å². The summed E-state index contributed by atoms with van der Waals surface area (Å²) in [6.45, 7) is 4.27. The lowest BCUT2D eigenvalue weighted by atomic mass is 9.70. The molecule has 2 aromatic carbocycles. The van der Waals surface area contributed by atoms with Crippen molar-refractivity contribution in [1.29, 1.82) is 0 Å². The van der Waals surface area contributed by atoms with Crippen molar-refractivity contribution >= 4 is 34.1 Å². The fourth-order valence-corrected chi connectivity index (χ4v) is 4.15. The number of benzene rings is 2. The minimum Gasteiger partial charge on any atom is -0.468 e. The van der Waals surface area contributed by atoms with Crippen molar-refractivity contribution in [1.82, 2.24) is 0 Å². The summed E-state index contributed by atoms with van der Waals surface area (Å²) >= 11 is 2.31. The van der Waals surface area contributed by atoms with Crippen LogP contribution in [0.25, 0.3) is 5.57 Å². The van der Waals surface area contributed by atoms with Crippen LogP contribution in [-0.4, -0.2) is 13.1 Å². The molecule has 1 aliphatic rings. The maximum Gasteiger partial charge on any atom is 0.320 e. The van der Waals surface area contributed by atoms with Gasteiger partial charge in [-0.2, -0.15) is 0 Å². The third-order valence-corrected chi connectivity index (χ3v) is 5.48. The topological polar surface area (TPSA) is 26.3 Å². The molecule has 1 atom stereocenters. The second kappa shape index (κ2) is 6.93. The molecule has 1 unspecified atom stereocenters. The predicted molar refractivity (Wildman–Crippen MR) is 106 cm³/mol. The van der Waals surface area contributed by atoms with Crippen LogP contribution < -0.4 is 0 Å². The third kappa shape index (κ3) is 2.93.